The third-order valence-electron chi connectivity index (χ3n) is 5.51. The van der Waals surface area contributed by atoms with Gasteiger partial charge in [-0.3, -0.25) is 9.89 Å². The van der Waals surface area contributed by atoms with Crippen LogP contribution >= 0.6 is 0 Å². The van der Waals surface area contributed by atoms with Gasteiger partial charge in [-0.25, -0.2) is 0 Å². The number of carbonyl (C=O) groups excluding carboxylic acids is 1. The van der Waals surface area contributed by atoms with Crippen molar-refractivity contribution in [1.29, 1.82) is 0 Å². The van der Waals surface area contributed by atoms with E-state index in [1.807, 2.05) is 24.0 Å². The van der Waals surface area contributed by atoms with Crippen molar-refractivity contribution in [2.75, 3.05) is 20.3 Å². The highest BCUT2D eigenvalue weighted by molar-refractivity contribution is 6.00. The van der Waals surface area contributed by atoms with Crippen LogP contribution in [0.4, 0.5) is 0 Å². The lowest BCUT2D eigenvalue weighted by Gasteiger charge is -2.26. The molecule has 0 radical (unpaired) electrons. The van der Waals surface area contributed by atoms with Crippen molar-refractivity contribution in [3.05, 3.63) is 70.4 Å². The van der Waals surface area contributed by atoms with Gasteiger partial charge < -0.3 is 14.7 Å². The summed E-state index contributed by atoms with van der Waals surface area (Å²) in [6.45, 7) is 4.99. The van der Waals surface area contributed by atoms with Crippen molar-refractivity contribution in [2.24, 2.45) is 0 Å². The number of aryl methyl sites for hydroxylation is 2. The van der Waals surface area contributed by atoms with Crippen LogP contribution in [0.5, 0.6) is 5.75 Å². The number of phenols is 1. The lowest BCUT2D eigenvalue weighted by atomic mass is 9.94. The highest BCUT2D eigenvalue weighted by atomic mass is 16.5. The first-order chi connectivity index (χ1) is 14.0. The number of rotatable bonds is 6. The standard InChI is InChI=1S/C23H25N3O3/c1-4-15-6-8-16(9-7-15)22-19-20(17-13-14(2)5-10-18(17)27)24-25-21(19)23(28)26(22)11-12-29-3/h5-10,13,22,27H,4,11-12H2,1-3H3,(H,24,25)/t22-/m1/s1. The van der Waals surface area contributed by atoms with Crippen LogP contribution in [0.2, 0.25) is 0 Å². The molecule has 0 spiro atoms. The fraction of sp³-hybridized carbons (Fsp3) is 0.304. The predicted molar refractivity (Wildman–Crippen MR) is 111 cm³/mol. The monoisotopic (exact) mass is 391 g/mol. The van der Waals surface area contributed by atoms with Crippen LogP contribution in [0.15, 0.2) is 42.5 Å². The fourth-order valence-electron chi connectivity index (χ4n) is 3.94. The molecule has 1 aliphatic rings. The molecule has 2 aromatic carbocycles. The molecule has 1 aliphatic heterocycles. The van der Waals surface area contributed by atoms with Gasteiger partial charge in [-0.1, -0.05) is 42.8 Å². The Labute approximate surface area is 170 Å². The zero-order chi connectivity index (χ0) is 20.5. The van der Waals surface area contributed by atoms with Crippen LogP contribution in [0.3, 0.4) is 0 Å². The van der Waals surface area contributed by atoms with E-state index in [-0.39, 0.29) is 17.7 Å². The van der Waals surface area contributed by atoms with Gasteiger partial charge in [0.25, 0.3) is 5.91 Å². The first-order valence-corrected chi connectivity index (χ1v) is 9.82. The minimum atomic E-state index is -0.285. The van der Waals surface area contributed by atoms with Gasteiger partial charge in [0.2, 0.25) is 0 Å². The van der Waals surface area contributed by atoms with Crippen molar-refractivity contribution in [1.82, 2.24) is 15.1 Å². The molecule has 0 bridgehead atoms. The number of hydrogen-bond donors (Lipinski definition) is 2. The van der Waals surface area contributed by atoms with Crippen LogP contribution in [-0.2, 0) is 11.2 Å². The normalized spacial score (nSPS) is 15.8. The average molecular weight is 391 g/mol. The minimum absolute atomic E-state index is 0.104. The average Bonchev–Trinajstić information content (AvgIpc) is 3.27. The van der Waals surface area contributed by atoms with Gasteiger partial charge >= 0.3 is 0 Å². The summed E-state index contributed by atoms with van der Waals surface area (Å²) < 4.78 is 5.24. The molecule has 4 rings (SSSR count). The van der Waals surface area contributed by atoms with Gasteiger partial charge in [0.15, 0.2) is 0 Å². The third kappa shape index (κ3) is 3.29. The summed E-state index contributed by atoms with van der Waals surface area (Å²) in [6.07, 6.45) is 0.955. The van der Waals surface area contributed by atoms with Gasteiger partial charge in [-0.15, -0.1) is 0 Å². The number of ether oxygens (including phenoxy) is 1. The van der Waals surface area contributed by atoms with Gasteiger partial charge in [0, 0.05) is 24.8 Å². The molecule has 150 valence electrons. The first-order valence-electron chi connectivity index (χ1n) is 9.82. The number of benzene rings is 2. The molecule has 6 heteroatoms. The molecule has 0 saturated carbocycles. The number of nitrogens with zero attached hydrogens (tertiary/aromatic N) is 2. The number of phenolic OH excluding ortho intramolecular Hbond substituents is 1. The SMILES string of the molecule is CCc1ccc([C@@H]2c3c(-c4cc(C)ccc4O)n[nH]c3C(=O)N2CCOC)cc1. The zero-order valence-corrected chi connectivity index (χ0v) is 16.9. The Hall–Kier alpha value is -3.12. The number of carbonyl (C=O) groups is 1. The first kappa shape index (κ1) is 19.2. The van der Waals surface area contributed by atoms with Gasteiger partial charge in [0.05, 0.1) is 12.6 Å². The van der Waals surface area contributed by atoms with Gasteiger partial charge in [-0.05, 0) is 36.6 Å². The van der Waals surface area contributed by atoms with Crippen molar-refractivity contribution >= 4 is 5.91 Å². The molecule has 1 amide bonds. The number of nitrogens with one attached hydrogen (secondary N) is 1. The maximum absolute atomic E-state index is 13.1. The second-order valence-electron chi connectivity index (χ2n) is 7.37. The summed E-state index contributed by atoms with van der Waals surface area (Å²) in [7, 11) is 1.63. The number of fused-ring (bicyclic) bond motifs is 1. The van der Waals surface area contributed by atoms with Crippen molar-refractivity contribution in [2.45, 2.75) is 26.3 Å². The van der Waals surface area contributed by atoms with E-state index in [9.17, 15) is 9.90 Å². The highest BCUT2D eigenvalue weighted by Gasteiger charge is 2.42. The Morgan fingerprint density at radius 3 is 2.66 bits per heavy atom. The van der Waals surface area contributed by atoms with E-state index in [0.29, 0.717) is 30.1 Å². The predicted octanol–water partition coefficient (Wildman–Crippen LogP) is 3.84. The zero-order valence-electron chi connectivity index (χ0n) is 16.9. The van der Waals surface area contributed by atoms with E-state index in [1.165, 1.54) is 5.56 Å². The topological polar surface area (TPSA) is 78.5 Å². The summed E-state index contributed by atoms with van der Waals surface area (Å²) >= 11 is 0. The molecule has 0 aliphatic carbocycles. The van der Waals surface area contributed by atoms with Crippen molar-refractivity contribution in [3.8, 4) is 17.0 Å². The van der Waals surface area contributed by atoms with Crippen LogP contribution in [0, 0.1) is 6.92 Å². The molecule has 3 aromatic rings. The molecule has 0 saturated heterocycles. The number of H-pyrrole nitrogens is 1. The molecular formula is C23H25N3O3. The van der Waals surface area contributed by atoms with Crippen LogP contribution in [-0.4, -0.2) is 46.4 Å². The molecule has 6 nitrogen and oxygen atoms in total. The van der Waals surface area contributed by atoms with E-state index in [4.69, 9.17) is 4.74 Å². The molecule has 29 heavy (non-hydrogen) atoms. The molecule has 2 heterocycles. The Bertz CT molecular complexity index is 1040. The maximum Gasteiger partial charge on any atom is 0.273 e. The summed E-state index contributed by atoms with van der Waals surface area (Å²) in [6, 6.07) is 13.4. The lowest BCUT2D eigenvalue weighted by Crippen LogP contribution is -2.32. The quantitative estimate of drug-likeness (QED) is 0.669. The number of amides is 1. The van der Waals surface area contributed by atoms with E-state index >= 15 is 0 Å². The van der Waals surface area contributed by atoms with Crippen LogP contribution < -0.4 is 0 Å². The molecule has 0 fully saturated rings. The number of methoxy groups -OCH3 is 1. The maximum atomic E-state index is 13.1. The largest absolute Gasteiger partial charge is 0.507 e. The Kier molecular flexibility index (Phi) is 5.11. The number of aromatic nitrogens is 2. The Balaban J connectivity index is 1.87. The fourth-order valence-corrected chi connectivity index (χ4v) is 3.94. The minimum Gasteiger partial charge on any atom is -0.507 e. The number of aromatic amines is 1. The molecule has 2 N–H and O–H groups in total. The summed E-state index contributed by atoms with van der Waals surface area (Å²) in [4.78, 5) is 15.0. The molecule has 0 unspecified atom stereocenters. The molecule has 1 aromatic heterocycles. The summed E-state index contributed by atoms with van der Waals surface area (Å²) in [5.41, 5.74) is 5.78. The van der Waals surface area contributed by atoms with E-state index < -0.39 is 0 Å². The Morgan fingerprint density at radius 2 is 1.97 bits per heavy atom. The number of hydrogen-bond acceptors (Lipinski definition) is 4. The van der Waals surface area contributed by atoms with E-state index in [1.54, 1.807) is 13.2 Å². The van der Waals surface area contributed by atoms with Crippen molar-refractivity contribution in [3.63, 3.8) is 0 Å². The van der Waals surface area contributed by atoms with Crippen molar-refractivity contribution < 1.29 is 14.6 Å². The smallest absolute Gasteiger partial charge is 0.273 e. The van der Waals surface area contributed by atoms with Crippen LogP contribution in [0.25, 0.3) is 11.3 Å². The third-order valence-corrected chi connectivity index (χ3v) is 5.51. The van der Waals surface area contributed by atoms with E-state index in [2.05, 4.69) is 41.4 Å². The second-order valence-corrected chi connectivity index (χ2v) is 7.37. The summed E-state index contributed by atoms with van der Waals surface area (Å²) in [5.74, 6) is 0.0419. The lowest BCUT2D eigenvalue weighted by molar-refractivity contribution is 0.0677. The summed E-state index contributed by atoms with van der Waals surface area (Å²) in [5, 5.41) is 17.8. The Morgan fingerprint density at radius 1 is 1.21 bits per heavy atom. The second kappa shape index (κ2) is 7.72. The van der Waals surface area contributed by atoms with Crippen LogP contribution in [0.1, 0.15) is 45.7 Å². The highest BCUT2D eigenvalue weighted by Crippen LogP contribution is 2.44. The van der Waals surface area contributed by atoms with E-state index in [0.717, 1.165) is 23.1 Å². The molecule has 1 atom stereocenters. The molecular weight excluding hydrogens is 366 g/mol. The number of aromatic hydroxyl groups is 1. The van der Waals surface area contributed by atoms with Gasteiger partial charge in [-0.2, -0.15) is 5.10 Å². The van der Waals surface area contributed by atoms with Gasteiger partial charge in [0.1, 0.15) is 17.1 Å².